The summed E-state index contributed by atoms with van der Waals surface area (Å²) in [7, 11) is 0. The van der Waals surface area contributed by atoms with Crippen LogP contribution in [0.25, 0.3) is 0 Å². The quantitative estimate of drug-likeness (QED) is 0.270. The lowest BCUT2D eigenvalue weighted by Crippen LogP contribution is -2.57. The highest BCUT2D eigenvalue weighted by Gasteiger charge is 2.44. The lowest BCUT2D eigenvalue weighted by atomic mass is 9.81. The zero-order valence-corrected chi connectivity index (χ0v) is 12.3. The lowest BCUT2D eigenvalue weighted by Gasteiger charge is -2.32. The van der Waals surface area contributed by atoms with Gasteiger partial charge >= 0.3 is 0 Å². The van der Waals surface area contributed by atoms with Gasteiger partial charge in [0.25, 0.3) is 0 Å². The number of carbonyl (C=O) groups is 2. The molecule has 128 valence electrons. The first-order valence-corrected chi connectivity index (χ1v) is 6.96. The van der Waals surface area contributed by atoms with E-state index in [2.05, 4.69) is 0 Å². The lowest BCUT2D eigenvalue weighted by molar-refractivity contribution is -0.149. The summed E-state index contributed by atoms with van der Waals surface area (Å²) < 4.78 is 0. The molecule has 0 aromatic heterocycles. The van der Waals surface area contributed by atoms with Crippen molar-refractivity contribution in [2.45, 2.75) is 36.4 Å². The first kappa shape index (κ1) is 19.4. The average Bonchev–Trinajstić information content (AvgIpc) is 2.59. The van der Waals surface area contributed by atoms with Crippen LogP contribution in [0.2, 0.25) is 0 Å². The maximum absolute atomic E-state index is 12.5. The van der Waals surface area contributed by atoms with Gasteiger partial charge in [-0.05, 0) is 5.56 Å². The molecule has 23 heavy (non-hydrogen) atoms. The topological polar surface area (TPSA) is 161 Å². The van der Waals surface area contributed by atoms with Gasteiger partial charge < -0.3 is 36.1 Å². The van der Waals surface area contributed by atoms with E-state index in [1.807, 2.05) is 0 Å². The maximum atomic E-state index is 12.5. The molecule has 0 aliphatic rings. The first-order chi connectivity index (χ1) is 10.8. The van der Waals surface area contributed by atoms with Gasteiger partial charge in [0.1, 0.15) is 24.6 Å². The molecule has 0 bridgehead atoms. The molecule has 0 heterocycles. The van der Waals surface area contributed by atoms with E-state index in [0.717, 1.165) is 0 Å². The Morgan fingerprint density at radius 1 is 1.17 bits per heavy atom. The molecule has 0 saturated heterocycles. The summed E-state index contributed by atoms with van der Waals surface area (Å²) in [4.78, 5) is 23.3. The van der Waals surface area contributed by atoms with Crippen LogP contribution in [0.1, 0.15) is 12.0 Å². The summed E-state index contributed by atoms with van der Waals surface area (Å²) >= 11 is 0. The van der Waals surface area contributed by atoms with Crippen LogP contribution in [0.3, 0.4) is 0 Å². The van der Waals surface area contributed by atoms with Gasteiger partial charge in [0, 0.05) is 6.42 Å². The Balaban J connectivity index is 3.08. The number of aliphatic hydroxyl groups excluding tert-OH is 4. The first-order valence-electron chi connectivity index (χ1n) is 6.96. The highest BCUT2D eigenvalue weighted by molar-refractivity contribution is 5.94. The van der Waals surface area contributed by atoms with Crippen LogP contribution in [-0.4, -0.2) is 68.6 Å². The molecule has 5 atom stereocenters. The van der Waals surface area contributed by atoms with Crippen molar-refractivity contribution in [3.63, 3.8) is 0 Å². The average molecular weight is 327 g/mol. The third-order valence-electron chi connectivity index (χ3n) is 3.64. The Morgan fingerprint density at radius 2 is 1.74 bits per heavy atom. The highest BCUT2D eigenvalue weighted by atomic mass is 16.4. The Hall–Kier alpha value is -1.68. The Morgan fingerprint density at radius 3 is 2.22 bits per heavy atom. The molecular formula is C15H21NO7. The molecule has 1 rings (SSSR count). The predicted octanol–water partition coefficient (Wildman–Crippen LogP) is -2.57. The monoisotopic (exact) mass is 327 g/mol. The molecule has 1 unspecified atom stereocenters. The molecule has 1 aromatic carbocycles. The fourth-order valence-corrected chi connectivity index (χ4v) is 2.17. The molecular weight excluding hydrogens is 306 g/mol. The molecule has 1 aromatic rings. The minimum absolute atomic E-state index is 0.108. The van der Waals surface area contributed by atoms with Crippen molar-refractivity contribution in [1.29, 1.82) is 0 Å². The van der Waals surface area contributed by atoms with Crippen LogP contribution < -0.4 is 5.73 Å². The number of rotatable bonds is 9. The number of hydrogen-bond donors (Lipinski definition) is 6. The number of benzene rings is 1. The van der Waals surface area contributed by atoms with Gasteiger partial charge in [-0.1, -0.05) is 30.3 Å². The van der Waals surface area contributed by atoms with Crippen LogP contribution in [0.4, 0.5) is 0 Å². The smallest absolute Gasteiger partial charge is 0.188 e. The van der Waals surface area contributed by atoms with Crippen molar-refractivity contribution in [3.05, 3.63) is 35.9 Å². The molecule has 0 spiro atoms. The van der Waals surface area contributed by atoms with Gasteiger partial charge in [0.05, 0.1) is 12.6 Å². The standard InChI is InChI=1S/C15H21NO7/c16-11(13(21)12(20)10(19)8-18)14(22)15(23,6-7-17)9-4-2-1-3-5-9/h1-5,7,10-13,18-21,23H,6,8,16H2/t10-,11-,12-,13-,15?/m1/s1. The van der Waals surface area contributed by atoms with E-state index in [1.165, 1.54) is 12.1 Å². The molecule has 7 N–H and O–H groups in total. The fourth-order valence-electron chi connectivity index (χ4n) is 2.17. The highest BCUT2D eigenvalue weighted by Crippen LogP contribution is 2.27. The molecule has 8 heteroatoms. The SMILES string of the molecule is N[C@@H](C(=O)C(O)(CC=O)c1ccccc1)[C@@H](O)[C@H](O)[C@H](O)CO. The Kier molecular flexibility index (Phi) is 6.95. The number of hydrogen-bond acceptors (Lipinski definition) is 8. The number of aldehydes is 1. The van der Waals surface area contributed by atoms with E-state index in [4.69, 9.17) is 10.8 Å². The summed E-state index contributed by atoms with van der Waals surface area (Å²) in [6, 6.07) is 5.79. The van der Waals surface area contributed by atoms with Crippen LogP contribution in [0.15, 0.2) is 30.3 Å². The Bertz CT molecular complexity index is 524. The summed E-state index contributed by atoms with van der Waals surface area (Å²) in [5, 5.41) is 48.1. The fraction of sp³-hybridized carbons (Fsp3) is 0.467. The minimum Gasteiger partial charge on any atom is -0.394 e. The zero-order chi connectivity index (χ0) is 17.6. The molecule has 0 saturated carbocycles. The van der Waals surface area contributed by atoms with E-state index in [0.29, 0.717) is 6.29 Å². The van der Waals surface area contributed by atoms with Crippen LogP contribution >= 0.6 is 0 Å². The summed E-state index contributed by atoms with van der Waals surface area (Å²) in [5.41, 5.74) is 3.42. The number of Topliss-reactive ketones (excluding diaryl/α,β-unsaturated/α-hetero) is 1. The molecule has 8 nitrogen and oxygen atoms in total. The molecule has 0 amide bonds. The van der Waals surface area contributed by atoms with Crippen molar-refractivity contribution in [3.8, 4) is 0 Å². The van der Waals surface area contributed by atoms with Gasteiger partial charge in [-0.3, -0.25) is 4.79 Å². The summed E-state index contributed by atoms with van der Waals surface area (Å²) in [5.74, 6) is -1.09. The van der Waals surface area contributed by atoms with Crippen molar-refractivity contribution in [1.82, 2.24) is 0 Å². The summed E-state index contributed by atoms with van der Waals surface area (Å²) in [6.45, 7) is -0.851. The van der Waals surface area contributed by atoms with Crippen molar-refractivity contribution < 1.29 is 35.1 Å². The second kappa shape index (κ2) is 8.25. The minimum atomic E-state index is -2.27. The van der Waals surface area contributed by atoms with Crippen LogP contribution in [-0.2, 0) is 15.2 Å². The third-order valence-corrected chi connectivity index (χ3v) is 3.64. The van der Waals surface area contributed by atoms with Crippen LogP contribution in [0, 0.1) is 0 Å². The van der Waals surface area contributed by atoms with Crippen molar-refractivity contribution >= 4 is 12.1 Å². The number of carbonyl (C=O) groups excluding carboxylic acids is 2. The second-order valence-electron chi connectivity index (χ2n) is 5.22. The van der Waals surface area contributed by atoms with E-state index in [9.17, 15) is 30.0 Å². The summed E-state index contributed by atoms with van der Waals surface area (Å²) in [6.07, 6.45) is -5.79. The van der Waals surface area contributed by atoms with E-state index in [1.54, 1.807) is 18.2 Å². The molecule has 0 radical (unpaired) electrons. The van der Waals surface area contributed by atoms with Crippen molar-refractivity contribution in [2.24, 2.45) is 5.73 Å². The largest absolute Gasteiger partial charge is 0.394 e. The van der Waals surface area contributed by atoms with E-state index in [-0.39, 0.29) is 5.56 Å². The van der Waals surface area contributed by atoms with E-state index >= 15 is 0 Å². The third kappa shape index (κ3) is 4.20. The van der Waals surface area contributed by atoms with Gasteiger partial charge in [-0.25, -0.2) is 0 Å². The van der Waals surface area contributed by atoms with Gasteiger partial charge in [-0.2, -0.15) is 0 Å². The Labute approximate surface area is 132 Å². The predicted molar refractivity (Wildman–Crippen MR) is 79.1 cm³/mol. The normalized spacial score (nSPS) is 19.2. The molecule has 0 aliphatic heterocycles. The molecule has 0 aliphatic carbocycles. The van der Waals surface area contributed by atoms with Gasteiger partial charge in [-0.15, -0.1) is 0 Å². The molecule has 0 fully saturated rings. The maximum Gasteiger partial charge on any atom is 0.188 e. The van der Waals surface area contributed by atoms with Crippen molar-refractivity contribution in [2.75, 3.05) is 6.61 Å². The zero-order valence-electron chi connectivity index (χ0n) is 12.3. The van der Waals surface area contributed by atoms with Gasteiger partial charge in [0.15, 0.2) is 11.4 Å². The second-order valence-corrected chi connectivity index (χ2v) is 5.22. The van der Waals surface area contributed by atoms with Crippen LogP contribution in [0.5, 0.6) is 0 Å². The van der Waals surface area contributed by atoms with E-state index < -0.39 is 48.8 Å². The number of aliphatic hydroxyl groups is 5. The number of nitrogens with two attached hydrogens (primary N) is 1. The van der Waals surface area contributed by atoms with Gasteiger partial charge in [0.2, 0.25) is 0 Å². The number of ketones is 1.